The van der Waals surface area contributed by atoms with E-state index in [0.717, 1.165) is 20.5 Å². The highest BCUT2D eigenvalue weighted by atomic mass is 79.9. The number of nitrogens with zero attached hydrogens (tertiary/aromatic N) is 1. The van der Waals surface area contributed by atoms with Crippen molar-refractivity contribution in [3.8, 4) is 0 Å². The van der Waals surface area contributed by atoms with Gasteiger partial charge in [0.15, 0.2) is 0 Å². The molecular weight excluding hydrogens is 428 g/mol. The second-order valence-corrected chi connectivity index (χ2v) is 9.79. The number of hydrogen-bond acceptors (Lipinski definition) is 5. The lowest BCUT2D eigenvalue weighted by molar-refractivity contribution is -0.118. The van der Waals surface area contributed by atoms with Crippen molar-refractivity contribution in [2.45, 2.75) is 18.7 Å². The smallest absolute Gasteiger partial charge is 0.230 e. The van der Waals surface area contributed by atoms with E-state index in [0.29, 0.717) is 26.3 Å². The van der Waals surface area contributed by atoms with Crippen molar-refractivity contribution in [2.24, 2.45) is 0 Å². The van der Waals surface area contributed by atoms with E-state index in [9.17, 15) is 13.2 Å². The van der Waals surface area contributed by atoms with E-state index < -0.39 is 10.0 Å². The Bertz CT molecular complexity index is 719. The molecule has 0 radical (unpaired) electrons. The predicted molar refractivity (Wildman–Crippen MR) is 104 cm³/mol. The topological polar surface area (TPSA) is 75.7 Å². The Balaban J connectivity index is 1.76. The van der Waals surface area contributed by atoms with Crippen LogP contribution in [0.2, 0.25) is 0 Å². The minimum Gasteiger partial charge on any atom is -0.379 e. The van der Waals surface area contributed by atoms with E-state index in [1.54, 1.807) is 0 Å². The minimum atomic E-state index is -3.34. The van der Waals surface area contributed by atoms with E-state index in [1.807, 2.05) is 26.0 Å². The molecule has 1 heterocycles. The van der Waals surface area contributed by atoms with Crippen LogP contribution in [0.3, 0.4) is 0 Å². The first kappa shape index (κ1) is 20.7. The lowest BCUT2D eigenvalue weighted by Gasteiger charge is -2.26. The van der Waals surface area contributed by atoms with Gasteiger partial charge in [-0.15, -0.1) is 11.8 Å². The summed E-state index contributed by atoms with van der Waals surface area (Å²) in [5.41, 5.74) is 2.22. The minimum absolute atomic E-state index is 0.0835. The van der Waals surface area contributed by atoms with Crippen LogP contribution in [0.25, 0.3) is 0 Å². The van der Waals surface area contributed by atoms with Crippen LogP contribution < -0.4 is 5.32 Å². The van der Waals surface area contributed by atoms with Crippen molar-refractivity contribution in [3.63, 3.8) is 0 Å². The molecule has 6 nitrogen and oxygen atoms in total. The van der Waals surface area contributed by atoms with Crippen LogP contribution in [-0.2, 0) is 19.6 Å². The van der Waals surface area contributed by atoms with Crippen LogP contribution in [0.15, 0.2) is 21.5 Å². The number of ether oxygens (including phenoxy) is 1. The van der Waals surface area contributed by atoms with Gasteiger partial charge in [-0.3, -0.25) is 4.79 Å². The van der Waals surface area contributed by atoms with Crippen LogP contribution >= 0.6 is 27.7 Å². The third kappa shape index (κ3) is 6.25. The molecular formula is C16H23BrN2O4S2. The van der Waals surface area contributed by atoms with Gasteiger partial charge < -0.3 is 10.1 Å². The molecule has 2 rings (SSSR count). The molecule has 1 N–H and O–H groups in total. The highest BCUT2D eigenvalue weighted by Crippen LogP contribution is 2.28. The van der Waals surface area contributed by atoms with E-state index >= 15 is 0 Å². The lowest BCUT2D eigenvalue weighted by Crippen LogP contribution is -2.43. The number of nitrogens with one attached hydrogen (secondary N) is 1. The van der Waals surface area contributed by atoms with E-state index in [1.165, 1.54) is 16.1 Å². The van der Waals surface area contributed by atoms with Gasteiger partial charge in [0.1, 0.15) is 0 Å². The van der Waals surface area contributed by atoms with Crippen LogP contribution in [0.1, 0.15) is 11.1 Å². The standard InChI is InChI=1S/C16H23BrN2O4S2/c1-12-10-15(13(2)9-14(12)17)24-11-16(20)18-3-8-25(21,22)19-4-6-23-7-5-19/h9-10H,3-8,11H2,1-2H3,(H,18,20). The zero-order chi connectivity index (χ0) is 18.4. The highest BCUT2D eigenvalue weighted by molar-refractivity contribution is 9.10. The molecule has 0 atom stereocenters. The number of aryl methyl sites for hydroxylation is 2. The zero-order valence-corrected chi connectivity index (χ0v) is 17.6. The van der Waals surface area contributed by atoms with Crippen molar-refractivity contribution < 1.29 is 17.9 Å². The van der Waals surface area contributed by atoms with Gasteiger partial charge in [-0.25, -0.2) is 8.42 Å². The zero-order valence-electron chi connectivity index (χ0n) is 14.4. The Morgan fingerprint density at radius 1 is 1.28 bits per heavy atom. The maximum absolute atomic E-state index is 12.2. The third-order valence-electron chi connectivity index (χ3n) is 3.86. The summed E-state index contributed by atoms with van der Waals surface area (Å²) in [4.78, 5) is 13.0. The fourth-order valence-electron chi connectivity index (χ4n) is 2.38. The Morgan fingerprint density at radius 2 is 1.96 bits per heavy atom. The fourth-order valence-corrected chi connectivity index (χ4v) is 5.09. The fraction of sp³-hybridized carbons (Fsp3) is 0.562. The lowest BCUT2D eigenvalue weighted by atomic mass is 10.2. The first-order chi connectivity index (χ1) is 11.8. The summed E-state index contributed by atoms with van der Waals surface area (Å²) in [6, 6.07) is 4.07. The average molecular weight is 451 g/mol. The van der Waals surface area contributed by atoms with Crippen molar-refractivity contribution in [1.82, 2.24) is 9.62 Å². The SMILES string of the molecule is Cc1cc(SCC(=O)NCCS(=O)(=O)N2CCOCC2)c(C)cc1Br. The number of morpholine rings is 1. The summed E-state index contributed by atoms with van der Waals surface area (Å²) in [6.45, 7) is 5.74. The van der Waals surface area contributed by atoms with Gasteiger partial charge in [0.25, 0.3) is 0 Å². The number of benzene rings is 1. The van der Waals surface area contributed by atoms with Crippen LogP contribution in [0.4, 0.5) is 0 Å². The molecule has 25 heavy (non-hydrogen) atoms. The normalized spacial score (nSPS) is 16.0. The monoisotopic (exact) mass is 450 g/mol. The average Bonchev–Trinajstić information content (AvgIpc) is 2.57. The molecule has 0 aliphatic carbocycles. The maximum Gasteiger partial charge on any atom is 0.230 e. The quantitative estimate of drug-likeness (QED) is 0.642. The highest BCUT2D eigenvalue weighted by Gasteiger charge is 2.23. The van der Waals surface area contributed by atoms with Crippen molar-refractivity contribution in [3.05, 3.63) is 27.7 Å². The Kier molecular flexibility index (Phi) is 7.75. The molecule has 1 aliphatic rings. The number of carbonyl (C=O) groups is 1. The molecule has 1 aliphatic heterocycles. The van der Waals surface area contributed by atoms with E-state index in [-0.39, 0.29) is 24.0 Å². The molecule has 1 aromatic carbocycles. The van der Waals surface area contributed by atoms with Gasteiger partial charge in [0.2, 0.25) is 15.9 Å². The van der Waals surface area contributed by atoms with E-state index in [2.05, 4.69) is 21.2 Å². The molecule has 0 aromatic heterocycles. The molecule has 1 fully saturated rings. The first-order valence-electron chi connectivity index (χ1n) is 8.01. The molecule has 1 aromatic rings. The summed E-state index contributed by atoms with van der Waals surface area (Å²) < 4.78 is 32.0. The molecule has 0 spiro atoms. The summed E-state index contributed by atoms with van der Waals surface area (Å²) in [5, 5.41) is 2.69. The number of thioether (sulfide) groups is 1. The molecule has 0 unspecified atom stereocenters. The Morgan fingerprint density at radius 3 is 2.64 bits per heavy atom. The number of carbonyl (C=O) groups excluding carboxylic acids is 1. The van der Waals surface area contributed by atoms with Gasteiger partial charge in [-0.1, -0.05) is 15.9 Å². The Hall–Kier alpha value is -0.610. The van der Waals surface area contributed by atoms with Crippen molar-refractivity contribution in [2.75, 3.05) is 44.4 Å². The van der Waals surface area contributed by atoms with Gasteiger partial charge >= 0.3 is 0 Å². The second-order valence-electron chi connectivity index (χ2n) is 5.83. The molecule has 0 bridgehead atoms. The van der Waals surface area contributed by atoms with Crippen LogP contribution in [0, 0.1) is 13.8 Å². The van der Waals surface area contributed by atoms with Gasteiger partial charge in [-0.05, 0) is 37.1 Å². The van der Waals surface area contributed by atoms with Gasteiger partial charge in [0, 0.05) is 29.0 Å². The van der Waals surface area contributed by atoms with Gasteiger partial charge in [-0.2, -0.15) is 4.31 Å². The number of halogens is 1. The summed E-state index contributed by atoms with van der Waals surface area (Å²) in [6.07, 6.45) is 0. The number of hydrogen-bond donors (Lipinski definition) is 1. The van der Waals surface area contributed by atoms with Crippen molar-refractivity contribution in [1.29, 1.82) is 0 Å². The molecule has 140 valence electrons. The number of amides is 1. The largest absolute Gasteiger partial charge is 0.379 e. The summed E-state index contributed by atoms with van der Waals surface area (Å²) in [5.74, 6) is 0.0152. The Labute approximate surface area is 161 Å². The second kappa shape index (κ2) is 9.36. The summed E-state index contributed by atoms with van der Waals surface area (Å²) >= 11 is 4.94. The molecule has 1 saturated heterocycles. The van der Waals surface area contributed by atoms with Crippen molar-refractivity contribution >= 4 is 43.6 Å². The van der Waals surface area contributed by atoms with Gasteiger partial charge in [0.05, 0.1) is 24.7 Å². The summed E-state index contributed by atoms with van der Waals surface area (Å²) in [7, 11) is -3.34. The first-order valence-corrected chi connectivity index (χ1v) is 11.4. The molecule has 1 amide bonds. The molecule has 9 heteroatoms. The maximum atomic E-state index is 12.2. The third-order valence-corrected chi connectivity index (χ3v) is 7.74. The number of sulfonamides is 1. The van der Waals surface area contributed by atoms with E-state index in [4.69, 9.17) is 4.74 Å². The number of rotatable bonds is 7. The van der Waals surface area contributed by atoms with Crippen LogP contribution in [-0.4, -0.2) is 63.0 Å². The van der Waals surface area contributed by atoms with Crippen LogP contribution in [0.5, 0.6) is 0 Å². The molecule has 0 saturated carbocycles. The predicted octanol–water partition coefficient (Wildman–Crippen LogP) is 1.94.